The summed E-state index contributed by atoms with van der Waals surface area (Å²) in [5, 5.41) is 0. The van der Waals surface area contributed by atoms with Crippen LogP contribution in [0.15, 0.2) is 24.3 Å². The highest BCUT2D eigenvalue weighted by Crippen LogP contribution is 2.42. The van der Waals surface area contributed by atoms with Crippen molar-refractivity contribution in [3.05, 3.63) is 35.4 Å². The Morgan fingerprint density at radius 2 is 1.56 bits per heavy atom. The van der Waals surface area contributed by atoms with Gasteiger partial charge in [0.15, 0.2) is 0 Å². The van der Waals surface area contributed by atoms with Gasteiger partial charge in [-0.15, -0.1) is 0 Å². The smallest absolute Gasteiger partial charge is 0.303 e. The maximum absolute atomic E-state index is 12.5. The highest BCUT2D eigenvalue weighted by molar-refractivity contribution is 5.34. The van der Waals surface area contributed by atoms with E-state index in [1.54, 1.807) is 0 Å². The Morgan fingerprint density at radius 1 is 0.926 bits per heavy atom. The second-order valence-corrected chi connectivity index (χ2v) is 9.13. The van der Waals surface area contributed by atoms with Gasteiger partial charge in [-0.2, -0.15) is 13.2 Å². The molecule has 0 radical (unpaired) electrons. The minimum absolute atomic E-state index is 0.137. The molecule has 0 N–H and O–H groups in total. The lowest BCUT2D eigenvalue weighted by Crippen LogP contribution is -2.41. The highest BCUT2D eigenvalue weighted by Gasteiger charge is 2.36. The largest absolute Gasteiger partial charge is 0.390 e. The van der Waals surface area contributed by atoms with Crippen LogP contribution in [-0.2, 0) is 0 Å². The van der Waals surface area contributed by atoms with Gasteiger partial charge in [-0.1, -0.05) is 24.3 Å². The first-order valence-electron chi connectivity index (χ1n) is 10.3. The summed E-state index contributed by atoms with van der Waals surface area (Å²) < 4.78 is 37.4. The summed E-state index contributed by atoms with van der Waals surface area (Å²) in [5.74, 6) is 0.464. The molecule has 0 spiro atoms. The molecule has 2 saturated heterocycles. The maximum Gasteiger partial charge on any atom is 0.390 e. The standard InChI is InChI=1S/C22H33F3N2/c1-21(2,3)27-13-6-9-20(27)19-8-5-4-7-18(19)17-10-14-26(15-11-17)16-12-22(23,24)25/h4-5,7-8,17,20H,6,9-16H2,1-3H3/t20-/m1/s1. The summed E-state index contributed by atoms with van der Waals surface area (Å²) in [4.78, 5) is 4.59. The van der Waals surface area contributed by atoms with Gasteiger partial charge in [0.1, 0.15) is 0 Å². The van der Waals surface area contributed by atoms with Crippen LogP contribution in [0.4, 0.5) is 13.2 Å². The zero-order chi connectivity index (χ0) is 19.7. The second kappa shape index (κ2) is 8.12. The lowest BCUT2D eigenvalue weighted by atomic mass is 9.83. The Morgan fingerprint density at radius 3 is 2.15 bits per heavy atom. The van der Waals surface area contributed by atoms with Gasteiger partial charge in [-0.25, -0.2) is 0 Å². The molecule has 3 rings (SSSR count). The van der Waals surface area contributed by atoms with E-state index in [9.17, 15) is 13.2 Å². The predicted octanol–water partition coefficient (Wildman–Crippen LogP) is 5.75. The van der Waals surface area contributed by atoms with Crippen LogP contribution in [0.1, 0.15) is 76.0 Å². The monoisotopic (exact) mass is 382 g/mol. The summed E-state index contributed by atoms with van der Waals surface area (Å²) in [7, 11) is 0. The molecule has 1 aromatic rings. The van der Waals surface area contributed by atoms with Gasteiger partial charge in [-0.3, -0.25) is 4.90 Å². The average Bonchev–Trinajstić information content (AvgIpc) is 3.10. The van der Waals surface area contributed by atoms with Crippen molar-refractivity contribution in [2.24, 2.45) is 0 Å². The molecule has 0 aromatic heterocycles. The first-order chi connectivity index (χ1) is 12.6. The van der Waals surface area contributed by atoms with Crippen LogP contribution in [0.3, 0.4) is 0 Å². The normalized spacial score (nSPS) is 23.9. The van der Waals surface area contributed by atoms with Crippen LogP contribution in [0.2, 0.25) is 0 Å². The Labute approximate surface area is 161 Å². The molecule has 1 aromatic carbocycles. The fraction of sp³-hybridized carbons (Fsp3) is 0.727. The highest BCUT2D eigenvalue weighted by atomic mass is 19.4. The zero-order valence-corrected chi connectivity index (χ0v) is 16.9. The second-order valence-electron chi connectivity index (χ2n) is 9.13. The molecular formula is C22H33F3N2. The van der Waals surface area contributed by atoms with Crippen LogP contribution >= 0.6 is 0 Å². The maximum atomic E-state index is 12.5. The number of halogens is 3. The van der Waals surface area contributed by atoms with Gasteiger partial charge in [0.2, 0.25) is 0 Å². The molecule has 27 heavy (non-hydrogen) atoms. The van der Waals surface area contributed by atoms with E-state index in [-0.39, 0.29) is 12.1 Å². The van der Waals surface area contributed by atoms with Crippen molar-refractivity contribution in [1.29, 1.82) is 0 Å². The van der Waals surface area contributed by atoms with E-state index in [0.29, 0.717) is 12.0 Å². The summed E-state index contributed by atoms with van der Waals surface area (Å²) in [5.41, 5.74) is 3.02. The van der Waals surface area contributed by atoms with Crippen molar-refractivity contribution < 1.29 is 13.2 Å². The Hall–Kier alpha value is -1.07. The fourth-order valence-electron chi connectivity index (χ4n) is 4.83. The van der Waals surface area contributed by atoms with Crippen molar-refractivity contribution in [1.82, 2.24) is 9.80 Å². The van der Waals surface area contributed by atoms with Crippen molar-refractivity contribution in [2.45, 2.75) is 76.6 Å². The predicted molar refractivity (Wildman–Crippen MR) is 104 cm³/mol. The molecule has 0 aliphatic carbocycles. The van der Waals surface area contributed by atoms with Gasteiger partial charge in [0.05, 0.1) is 6.42 Å². The van der Waals surface area contributed by atoms with Crippen molar-refractivity contribution in [3.63, 3.8) is 0 Å². The summed E-state index contributed by atoms with van der Waals surface area (Å²) in [6, 6.07) is 9.25. The first-order valence-corrected chi connectivity index (χ1v) is 10.3. The van der Waals surface area contributed by atoms with E-state index in [1.165, 1.54) is 24.0 Å². The minimum Gasteiger partial charge on any atom is -0.303 e. The van der Waals surface area contributed by atoms with Gasteiger partial charge < -0.3 is 4.90 Å². The van der Waals surface area contributed by atoms with Gasteiger partial charge in [0.25, 0.3) is 0 Å². The lowest BCUT2D eigenvalue weighted by molar-refractivity contribution is -0.138. The topological polar surface area (TPSA) is 6.48 Å². The number of rotatable bonds is 4. The molecular weight excluding hydrogens is 349 g/mol. The molecule has 2 aliphatic rings. The molecule has 5 heteroatoms. The van der Waals surface area contributed by atoms with E-state index in [1.807, 2.05) is 4.90 Å². The fourth-order valence-corrected chi connectivity index (χ4v) is 4.83. The minimum atomic E-state index is -4.05. The van der Waals surface area contributed by atoms with Crippen LogP contribution in [0.25, 0.3) is 0 Å². The molecule has 0 saturated carbocycles. The van der Waals surface area contributed by atoms with Gasteiger partial charge in [-0.05, 0) is 83.1 Å². The molecule has 0 amide bonds. The molecule has 2 fully saturated rings. The zero-order valence-electron chi connectivity index (χ0n) is 16.9. The summed E-state index contributed by atoms with van der Waals surface area (Å²) >= 11 is 0. The average molecular weight is 383 g/mol. The van der Waals surface area contributed by atoms with Crippen LogP contribution in [0, 0.1) is 0 Å². The number of hydrogen-bond acceptors (Lipinski definition) is 2. The van der Waals surface area contributed by atoms with Crippen molar-refractivity contribution in [3.8, 4) is 0 Å². The summed E-state index contributed by atoms with van der Waals surface area (Å²) in [6.07, 6.45) is -0.418. The van der Waals surface area contributed by atoms with E-state index in [2.05, 4.69) is 49.9 Å². The van der Waals surface area contributed by atoms with Gasteiger partial charge in [0, 0.05) is 18.1 Å². The quantitative estimate of drug-likeness (QED) is 0.654. The molecule has 152 valence electrons. The Balaban J connectivity index is 1.69. The molecule has 2 heterocycles. The van der Waals surface area contributed by atoms with E-state index in [4.69, 9.17) is 0 Å². The number of nitrogens with zero attached hydrogens (tertiary/aromatic N) is 2. The Bertz CT molecular complexity index is 613. The number of likely N-dealkylation sites (tertiary alicyclic amines) is 2. The Kier molecular flexibility index (Phi) is 6.21. The van der Waals surface area contributed by atoms with Crippen LogP contribution < -0.4 is 0 Å². The first kappa shape index (κ1) is 20.7. The summed E-state index contributed by atoms with van der Waals surface area (Å²) in [6.45, 7) is 9.66. The molecule has 1 atom stereocenters. The molecule has 2 aliphatic heterocycles. The van der Waals surface area contributed by atoms with E-state index < -0.39 is 12.6 Å². The SMILES string of the molecule is CC(C)(C)N1CCC[C@@H]1c1ccccc1C1CCN(CCC(F)(F)F)CC1. The molecule has 2 nitrogen and oxygen atoms in total. The number of hydrogen-bond donors (Lipinski definition) is 0. The third-order valence-electron chi connectivity index (χ3n) is 6.21. The van der Waals surface area contributed by atoms with E-state index in [0.717, 1.165) is 32.5 Å². The van der Waals surface area contributed by atoms with Crippen LogP contribution in [0.5, 0.6) is 0 Å². The van der Waals surface area contributed by atoms with Gasteiger partial charge >= 0.3 is 6.18 Å². The van der Waals surface area contributed by atoms with Crippen molar-refractivity contribution in [2.75, 3.05) is 26.2 Å². The van der Waals surface area contributed by atoms with Crippen molar-refractivity contribution >= 4 is 0 Å². The van der Waals surface area contributed by atoms with E-state index >= 15 is 0 Å². The third kappa shape index (κ3) is 5.26. The lowest BCUT2D eigenvalue weighted by Gasteiger charge is -2.39. The third-order valence-corrected chi connectivity index (χ3v) is 6.21. The number of benzene rings is 1. The molecule has 0 unspecified atom stereocenters. The number of alkyl halides is 3. The number of piperidine rings is 1. The molecule has 0 bridgehead atoms. The van der Waals surface area contributed by atoms with Crippen LogP contribution in [-0.4, -0.2) is 47.7 Å².